The van der Waals surface area contributed by atoms with Gasteiger partial charge in [-0.3, -0.25) is 4.79 Å². The summed E-state index contributed by atoms with van der Waals surface area (Å²) in [6.45, 7) is 5.95. The van der Waals surface area contributed by atoms with Crippen molar-refractivity contribution in [2.24, 2.45) is 0 Å². The molecule has 7 heteroatoms. The maximum absolute atomic E-state index is 13.7. The van der Waals surface area contributed by atoms with Crippen molar-refractivity contribution in [3.05, 3.63) is 53.5 Å². The van der Waals surface area contributed by atoms with Crippen LogP contribution in [0.4, 0.5) is 24.7 Å². The Balaban J connectivity index is 2.13. The molecule has 1 aromatic carbocycles. The van der Waals surface area contributed by atoms with Gasteiger partial charge in [0.2, 0.25) is 0 Å². The first kappa shape index (κ1) is 18.8. The summed E-state index contributed by atoms with van der Waals surface area (Å²) in [6, 6.07) is 4.98. The van der Waals surface area contributed by atoms with E-state index in [0.29, 0.717) is 6.07 Å². The highest BCUT2D eigenvalue weighted by atomic mass is 19.2. The Morgan fingerprint density at radius 3 is 2.28 bits per heavy atom. The second-order valence-electron chi connectivity index (χ2n) is 5.57. The maximum Gasteiger partial charge on any atom is 0.259 e. The summed E-state index contributed by atoms with van der Waals surface area (Å²) in [5.74, 6) is -5.23. The van der Waals surface area contributed by atoms with Gasteiger partial charge >= 0.3 is 0 Å². The molecule has 134 valence electrons. The van der Waals surface area contributed by atoms with Gasteiger partial charge in [0, 0.05) is 13.1 Å². The van der Waals surface area contributed by atoms with E-state index in [9.17, 15) is 18.0 Å². The van der Waals surface area contributed by atoms with Crippen molar-refractivity contribution in [2.45, 2.75) is 26.7 Å². The number of pyridine rings is 1. The number of halogens is 3. The molecule has 0 saturated carbocycles. The van der Waals surface area contributed by atoms with E-state index >= 15 is 0 Å². The molecule has 2 aromatic rings. The minimum Gasteiger partial charge on any atom is -0.370 e. The smallest absolute Gasteiger partial charge is 0.259 e. The van der Waals surface area contributed by atoms with Gasteiger partial charge in [-0.15, -0.1) is 0 Å². The van der Waals surface area contributed by atoms with E-state index in [4.69, 9.17) is 0 Å². The van der Waals surface area contributed by atoms with Crippen molar-refractivity contribution in [1.29, 1.82) is 0 Å². The van der Waals surface area contributed by atoms with Crippen LogP contribution in [0.25, 0.3) is 0 Å². The average molecular weight is 351 g/mol. The van der Waals surface area contributed by atoms with E-state index in [0.717, 1.165) is 37.7 Å². The van der Waals surface area contributed by atoms with Crippen LogP contribution >= 0.6 is 0 Å². The quantitative estimate of drug-likeness (QED) is 0.753. The molecule has 0 radical (unpaired) electrons. The molecule has 0 unspecified atom stereocenters. The van der Waals surface area contributed by atoms with Crippen LogP contribution in [-0.4, -0.2) is 24.0 Å². The lowest BCUT2D eigenvalue weighted by Crippen LogP contribution is -2.25. The lowest BCUT2D eigenvalue weighted by molar-refractivity contribution is 0.102. The van der Waals surface area contributed by atoms with Crippen LogP contribution in [0.3, 0.4) is 0 Å². The molecule has 0 aliphatic carbocycles. The van der Waals surface area contributed by atoms with Crippen LogP contribution in [-0.2, 0) is 0 Å². The molecule has 1 heterocycles. The molecule has 0 aliphatic rings. The predicted octanol–water partition coefficient (Wildman–Crippen LogP) is 4.38. The van der Waals surface area contributed by atoms with E-state index in [1.807, 2.05) is 0 Å². The molecule has 4 nitrogen and oxygen atoms in total. The summed E-state index contributed by atoms with van der Waals surface area (Å²) in [7, 11) is 0. The molecule has 1 amide bonds. The molecular formula is C18H20F3N3O. The largest absolute Gasteiger partial charge is 0.370 e. The third-order valence-electron chi connectivity index (χ3n) is 3.62. The van der Waals surface area contributed by atoms with Crippen LogP contribution in [0.2, 0.25) is 0 Å². The van der Waals surface area contributed by atoms with Crippen molar-refractivity contribution >= 4 is 17.4 Å². The Kier molecular flexibility index (Phi) is 6.38. The third kappa shape index (κ3) is 4.49. The number of hydrogen-bond acceptors (Lipinski definition) is 3. The predicted molar refractivity (Wildman–Crippen MR) is 91.3 cm³/mol. The van der Waals surface area contributed by atoms with Gasteiger partial charge in [0.05, 0.1) is 17.4 Å². The number of carbonyl (C=O) groups excluding carboxylic acids is 1. The van der Waals surface area contributed by atoms with Crippen LogP contribution < -0.4 is 10.2 Å². The Morgan fingerprint density at radius 2 is 1.72 bits per heavy atom. The Hall–Kier alpha value is -2.57. The van der Waals surface area contributed by atoms with Crippen LogP contribution in [0, 0.1) is 17.5 Å². The lowest BCUT2D eigenvalue weighted by atomic mass is 10.2. The summed E-state index contributed by atoms with van der Waals surface area (Å²) in [4.78, 5) is 18.3. The molecule has 1 N–H and O–H groups in total. The van der Waals surface area contributed by atoms with Gasteiger partial charge in [0.15, 0.2) is 17.5 Å². The summed E-state index contributed by atoms with van der Waals surface area (Å²) >= 11 is 0. The first-order valence-corrected chi connectivity index (χ1v) is 8.13. The van der Waals surface area contributed by atoms with Crippen molar-refractivity contribution in [3.8, 4) is 0 Å². The second kappa shape index (κ2) is 8.50. The number of nitrogens with zero attached hydrogens (tertiary/aromatic N) is 2. The topological polar surface area (TPSA) is 45.2 Å². The molecule has 2 rings (SSSR count). The number of anilines is 2. The molecular weight excluding hydrogens is 331 g/mol. The highest BCUT2D eigenvalue weighted by molar-refractivity contribution is 6.04. The molecule has 0 bridgehead atoms. The number of carbonyl (C=O) groups is 1. The van der Waals surface area contributed by atoms with Gasteiger partial charge in [-0.05, 0) is 37.1 Å². The van der Waals surface area contributed by atoms with Crippen molar-refractivity contribution in [2.75, 3.05) is 23.3 Å². The van der Waals surface area contributed by atoms with Crippen LogP contribution in [0.1, 0.15) is 37.0 Å². The first-order valence-electron chi connectivity index (χ1n) is 8.13. The van der Waals surface area contributed by atoms with E-state index in [1.165, 1.54) is 0 Å². The second-order valence-corrected chi connectivity index (χ2v) is 5.57. The van der Waals surface area contributed by atoms with E-state index in [1.54, 1.807) is 18.3 Å². The molecule has 1 aromatic heterocycles. The number of aromatic nitrogens is 1. The molecule has 25 heavy (non-hydrogen) atoms. The summed E-state index contributed by atoms with van der Waals surface area (Å²) in [6.07, 6.45) is 3.60. The van der Waals surface area contributed by atoms with E-state index in [-0.39, 0.29) is 5.82 Å². The molecule has 0 saturated heterocycles. The molecule has 0 fully saturated rings. The number of nitrogens with one attached hydrogen (secondary N) is 1. The Morgan fingerprint density at radius 1 is 1.04 bits per heavy atom. The van der Waals surface area contributed by atoms with Crippen molar-refractivity contribution in [1.82, 2.24) is 4.98 Å². The van der Waals surface area contributed by atoms with Gasteiger partial charge in [0.1, 0.15) is 5.82 Å². The zero-order valence-corrected chi connectivity index (χ0v) is 14.2. The maximum atomic E-state index is 13.7. The number of rotatable bonds is 7. The van der Waals surface area contributed by atoms with Crippen LogP contribution in [0.15, 0.2) is 30.5 Å². The summed E-state index contributed by atoms with van der Waals surface area (Å²) < 4.78 is 39.8. The van der Waals surface area contributed by atoms with E-state index < -0.39 is 28.9 Å². The fraction of sp³-hybridized carbons (Fsp3) is 0.333. The highest BCUT2D eigenvalue weighted by Crippen LogP contribution is 2.19. The van der Waals surface area contributed by atoms with E-state index in [2.05, 4.69) is 29.0 Å². The lowest BCUT2D eigenvalue weighted by Gasteiger charge is -2.23. The van der Waals surface area contributed by atoms with Crippen molar-refractivity contribution < 1.29 is 18.0 Å². The standard InChI is InChI=1S/C18H20F3N3O/c1-3-9-24(10-4-2)12-5-8-15(22-11-12)23-18(25)13-6-7-14(19)17(21)16(13)20/h5-8,11H,3-4,9-10H2,1-2H3,(H,22,23,25). The van der Waals surface area contributed by atoms with Gasteiger partial charge in [-0.2, -0.15) is 0 Å². The Labute approximate surface area is 144 Å². The minimum absolute atomic E-state index is 0.200. The number of benzene rings is 1. The summed E-state index contributed by atoms with van der Waals surface area (Å²) in [5.41, 5.74) is 0.337. The molecule has 0 spiro atoms. The zero-order valence-electron chi connectivity index (χ0n) is 14.2. The third-order valence-corrected chi connectivity index (χ3v) is 3.62. The zero-order chi connectivity index (χ0) is 18.4. The average Bonchev–Trinajstić information content (AvgIpc) is 2.60. The minimum atomic E-state index is -1.68. The highest BCUT2D eigenvalue weighted by Gasteiger charge is 2.19. The van der Waals surface area contributed by atoms with Gasteiger partial charge in [0.25, 0.3) is 5.91 Å². The molecule has 0 aliphatic heterocycles. The number of amides is 1. The van der Waals surface area contributed by atoms with Gasteiger partial charge in [-0.25, -0.2) is 18.2 Å². The van der Waals surface area contributed by atoms with Gasteiger partial charge < -0.3 is 10.2 Å². The normalized spacial score (nSPS) is 10.6. The first-order chi connectivity index (χ1) is 12.0. The number of hydrogen-bond donors (Lipinski definition) is 1. The van der Waals surface area contributed by atoms with Crippen LogP contribution in [0.5, 0.6) is 0 Å². The fourth-order valence-corrected chi connectivity index (χ4v) is 2.44. The SMILES string of the molecule is CCCN(CCC)c1ccc(NC(=O)c2ccc(F)c(F)c2F)nc1. The van der Waals surface area contributed by atoms with Gasteiger partial charge in [-0.1, -0.05) is 13.8 Å². The molecule has 0 atom stereocenters. The summed E-state index contributed by atoms with van der Waals surface area (Å²) in [5, 5.41) is 2.38. The Bertz CT molecular complexity index is 729. The van der Waals surface area contributed by atoms with Crippen molar-refractivity contribution in [3.63, 3.8) is 0 Å². The fourth-order valence-electron chi connectivity index (χ4n) is 2.44. The monoisotopic (exact) mass is 351 g/mol.